The summed E-state index contributed by atoms with van der Waals surface area (Å²) in [4.78, 5) is 11.6. The van der Waals surface area contributed by atoms with Crippen LogP contribution in [-0.4, -0.2) is 23.0 Å². The van der Waals surface area contributed by atoms with Crippen LogP contribution in [0.2, 0.25) is 0 Å². The first-order valence-electron chi connectivity index (χ1n) is 5.84. The first kappa shape index (κ1) is 16.8. The minimum absolute atomic E-state index is 0.00208. The molecule has 0 bridgehead atoms. The summed E-state index contributed by atoms with van der Waals surface area (Å²) in [7, 11) is 0. The van der Waals surface area contributed by atoms with Crippen molar-refractivity contribution >= 4 is 17.9 Å². The summed E-state index contributed by atoms with van der Waals surface area (Å²) >= 11 is 0. The number of hydrazine groups is 1. The number of hydrogen-bond acceptors (Lipinski definition) is 4. The minimum Gasteiger partial charge on any atom is -0.411 e. The summed E-state index contributed by atoms with van der Waals surface area (Å²) in [6, 6.07) is 3.49. The van der Waals surface area contributed by atoms with Crippen molar-refractivity contribution in [3.05, 3.63) is 29.8 Å². The fourth-order valence-corrected chi connectivity index (χ4v) is 1.33. The maximum atomic E-state index is 12.5. The fourth-order valence-electron chi connectivity index (χ4n) is 1.33. The summed E-state index contributed by atoms with van der Waals surface area (Å²) < 4.78 is 37.5. The molecule has 0 spiro atoms. The van der Waals surface area contributed by atoms with E-state index < -0.39 is 23.3 Å². The highest BCUT2D eigenvalue weighted by molar-refractivity contribution is 5.89. The van der Waals surface area contributed by atoms with Crippen LogP contribution in [0.1, 0.15) is 19.4 Å². The van der Waals surface area contributed by atoms with Crippen molar-refractivity contribution < 1.29 is 23.2 Å². The largest absolute Gasteiger partial charge is 0.416 e. The van der Waals surface area contributed by atoms with E-state index in [0.717, 1.165) is 18.3 Å². The SMILES string of the molecule is CC(C)(/C=N\O)NNC(=O)Nc1cccc(C(F)(F)F)c1. The van der Waals surface area contributed by atoms with Gasteiger partial charge < -0.3 is 10.5 Å². The lowest BCUT2D eigenvalue weighted by Gasteiger charge is -2.21. The Morgan fingerprint density at radius 1 is 1.33 bits per heavy atom. The zero-order valence-electron chi connectivity index (χ0n) is 11.3. The lowest BCUT2D eigenvalue weighted by Crippen LogP contribution is -2.52. The van der Waals surface area contributed by atoms with Gasteiger partial charge in [0.1, 0.15) is 0 Å². The Balaban J connectivity index is 2.64. The van der Waals surface area contributed by atoms with Crippen molar-refractivity contribution in [1.82, 2.24) is 10.9 Å². The Hall–Kier alpha value is -2.29. The number of nitrogens with zero attached hydrogens (tertiary/aromatic N) is 1. The number of rotatable bonds is 4. The van der Waals surface area contributed by atoms with E-state index in [9.17, 15) is 18.0 Å². The van der Waals surface area contributed by atoms with Crippen molar-refractivity contribution in [3.8, 4) is 0 Å². The molecule has 1 aromatic carbocycles. The molecule has 0 aliphatic carbocycles. The average molecular weight is 304 g/mol. The average Bonchev–Trinajstić information content (AvgIpc) is 2.36. The van der Waals surface area contributed by atoms with Crippen LogP contribution < -0.4 is 16.2 Å². The van der Waals surface area contributed by atoms with Gasteiger partial charge in [0.15, 0.2) is 0 Å². The van der Waals surface area contributed by atoms with E-state index in [1.54, 1.807) is 13.8 Å². The number of hydrogen-bond donors (Lipinski definition) is 4. The Labute approximate surface area is 119 Å². The zero-order valence-corrected chi connectivity index (χ0v) is 11.3. The molecular weight excluding hydrogens is 289 g/mol. The van der Waals surface area contributed by atoms with Crippen LogP contribution in [0.3, 0.4) is 0 Å². The highest BCUT2D eigenvalue weighted by atomic mass is 19.4. The van der Waals surface area contributed by atoms with Crippen molar-refractivity contribution in [2.24, 2.45) is 5.16 Å². The monoisotopic (exact) mass is 304 g/mol. The summed E-state index contributed by atoms with van der Waals surface area (Å²) in [5.41, 5.74) is 3.07. The molecule has 0 saturated carbocycles. The lowest BCUT2D eigenvalue weighted by molar-refractivity contribution is -0.137. The van der Waals surface area contributed by atoms with Crippen LogP contribution in [-0.2, 0) is 6.18 Å². The van der Waals surface area contributed by atoms with Crippen molar-refractivity contribution in [2.75, 3.05) is 5.32 Å². The van der Waals surface area contributed by atoms with E-state index in [1.165, 1.54) is 12.1 Å². The van der Waals surface area contributed by atoms with Gasteiger partial charge in [0.05, 0.1) is 17.3 Å². The molecule has 6 nitrogen and oxygen atoms in total. The maximum absolute atomic E-state index is 12.5. The molecule has 4 N–H and O–H groups in total. The van der Waals surface area contributed by atoms with Crippen molar-refractivity contribution in [1.29, 1.82) is 0 Å². The Morgan fingerprint density at radius 3 is 2.57 bits per heavy atom. The molecule has 0 atom stereocenters. The predicted octanol–water partition coefficient (Wildman–Crippen LogP) is 2.57. The number of oxime groups is 1. The van der Waals surface area contributed by atoms with Crippen LogP contribution in [0, 0.1) is 0 Å². The van der Waals surface area contributed by atoms with Crippen LogP contribution in [0.4, 0.5) is 23.7 Å². The number of alkyl halides is 3. The normalized spacial score (nSPS) is 12.4. The Bertz CT molecular complexity index is 529. The van der Waals surface area contributed by atoms with Gasteiger partial charge in [-0.05, 0) is 32.0 Å². The number of anilines is 1. The van der Waals surface area contributed by atoms with Crippen LogP contribution in [0.5, 0.6) is 0 Å². The number of amides is 2. The zero-order chi connectivity index (χ0) is 16.1. The van der Waals surface area contributed by atoms with E-state index in [0.29, 0.717) is 0 Å². The third-order valence-corrected chi connectivity index (χ3v) is 2.33. The standard InChI is InChI=1S/C12H15F3N4O2/c1-11(2,7-16-21)19-18-10(20)17-9-5-3-4-8(6-9)12(13,14)15/h3-7,19,21H,1-2H3,(H2,17,18,20)/b16-7-. The molecule has 2 amide bonds. The highest BCUT2D eigenvalue weighted by Crippen LogP contribution is 2.30. The molecule has 0 heterocycles. The van der Waals surface area contributed by atoms with E-state index in [1.807, 2.05) is 0 Å². The molecule has 21 heavy (non-hydrogen) atoms. The third kappa shape index (κ3) is 5.69. The number of carbonyl (C=O) groups is 1. The minimum atomic E-state index is -4.48. The number of halogens is 3. The first-order chi connectivity index (χ1) is 9.64. The lowest BCUT2D eigenvalue weighted by atomic mass is 10.1. The van der Waals surface area contributed by atoms with Gasteiger partial charge in [0.2, 0.25) is 0 Å². The van der Waals surface area contributed by atoms with Gasteiger partial charge in [-0.15, -0.1) is 5.16 Å². The number of urea groups is 1. The van der Waals surface area contributed by atoms with E-state index in [2.05, 4.69) is 21.3 Å². The van der Waals surface area contributed by atoms with Gasteiger partial charge in [0, 0.05) is 5.69 Å². The molecule has 116 valence electrons. The second-order valence-corrected chi connectivity index (χ2v) is 4.75. The predicted molar refractivity (Wildman–Crippen MR) is 71.1 cm³/mol. The van der Waals surface area contributed by atoms with Gasteiger partial charge in [-0.3, -0.25) is 5.43 Å². The quantitative estimate of drug-likeness (QED) is 0.392. The van der Waals surface area contributed by atoms with Gasteiger partial charge >= 0.3 is 12.2 Å². The number of carbonyl (C=O) groups excluding carboxylic acids is 1. The molecule has 0 aliphatic rings. The van der Waals surface area contributed by atoms with Gasteiger partial charge in [-0.1, -0.05) is 6.07 Å². The second-order valence-electron chi connectivity index (χ2n) is 4.75. The molecule has 9 heteroatoms. The van der Waals surface area contributed by atoms with E-state index >= 15 is 0 Å². The molecular formula is C12H15F3N4O2. The molecule has 1 rings (SSSR count). The van der Waals surface area contributed by atoms with E-state index in [-0.39, 0.29) is 5.69 Å². The fraction of sp³-hybridized carbons (Fsp3) is 0.333. The van der Waals surface area contributed by atoms with Crippen LogP contribution >= 0.6 is 0 Å². The van der Waals surface area contributed by atoms with Crippen LogP contribution in [0.25, 0.3) is 0 Å². The van der Waals surface area contributed by atoms with Crippen molar-refractivity contribution in [3.63, 3.8) is 0 Å². The van der Waals surface area contributed by atoms with Gasteiger partial charge in [0.25, 0.3) is 0 Å². The van der Waals surface area contributed by atoms with E-state index in [4.69, 9.17) is 5.21 Å². The topological polar surface area (TPSA) is 85.8 Å². The smallest absolute Gasteiger partial charge is 0.411 e. The summed E-state index contributed by atoms with van der Waals surface area (Å²) in [5.74, 6) is 0. The molecule has 1 aromatic rings. The Kier molecular flexibility index (Phi) is 5.14. The highest BCUT2D eigenvalue weighted by Gasteiger charge is 2.30. The number of nitrogens with one attached hydrogen (secondary N) is 3. The van der Waals surface area contributed by atoms with Crippen molar-refractivity contribution in [2.45, 2.75) is 25.6 Å². The molecule has 0 aliphatic heterocycles. The molecule has 0 fully saturated rings. The van der Waals surface area contributed by atoms with Gasteiger partial charge in [-0.2, -0.15) is 13.2 Å². The van der Waals surface area contributed by atoms with Crippen LogP contribution in [0.15, 0.2) is 29.4 Å². The van der Waals surface area contributed by atoms with Gasteiger partial charge in [-0.25, -0.2) is 10.2 Å². The maximum Gasteiger partial charge on any atom is 0.416 e. The molecule has 0 radical (unpaired) electrons. The first-order valence-corrected chi connectivity index (χ1v) is 5.84. The number of benzene rings is 1. The second kappa shape index (κ2) is 6.44. The summed E-state index contributed by atoms with van der Waals surface area (Å²) in [5, 5.41) is 13.5. The Morgan fingerprint density at radius 2 is 2.00 bits per heavy atom. The molecule has 0 unspecified atom stereocenters. The third-order valence-electron chi connectivity index (χ3n) is 2.33. The summed E-state index contributed by atoms with van der Waals surface area (Å²) in [6.45, 7) is 3.22. The molecule has 0 saturated heterocycles. The molecule has 0 aromatic heterocycles. The summed E-state index contributed by atoms with van der Waals surface area (Å²) in [6.07, 6.45) is -3.34.